The Hall–Kier alpha value is -2.21. The van der Waals surface area contributed by atoms with E-state index in [4.69, 9.17) is 4.98 Å². The van der Waals surface area contributed by atoms with Gasteiger partial charge in [0.25, 0.3) is 0 Å². The Bertz CT molecular complexity index is 851. The Balaban J connectivity index is 1.26. The average molecular weight is 398 g/mol. The first-order chi connectivity index (χ1) is 13.6. The van der Waals surface area contributed by atoms with Crippen molar-refractivity contribution in [1.82, 2.24) is 15.2 Å². The van der Waals surface area contributed by atoms with E-state index in [1.54, 1.807) is 11.3 Å². The average Bonchev–Trinajstić information content (AvgIpc) is 3.46. The molecule has 2 fully saturated rings. The molecule has 1 aromatic heterocycles. The molecule has 1 saturated carbocycles. The molecule has 28 heavy (non-hydrogen) atoms. The summed E-state index contributed by atoms with van der Waals surface area (Å²) in [4.78, 5) is 31.1. The van der Waals surface area contributed by atoms with Gasteiger partial charge in [-0.2, -0.15) is 0 Å². The predicted octanol–water partition coefficient (Wildman–Crippen LogP) is 3.43. The maximum Gasteiger partial charge on any atom is 0.226 e. The van der Waals surface area contributed by atoms with Crippen molar-refractivity contribution in [1.29, 1.82) is 0 Å². The number of likely N-dealkylation sites (tertiary alicyclic amines) is 1. The number of nitrogens with one attached hydrogen (secondary N) is 1. The SMILES string of the molecule is Cc1ccccc1CC(=O)N1CCC(c2nc(CNC(=O)C3CC3)cs2)CC1. The smallest absolute Gasteiger partial charge is 0.226 e. The van der Waals surface area contributed by atoms with Crippen LogP contribution in [-0.2, 0) is 22.6 Å². The molecule has 1 aliphatic carbocycles. The lowest BCUT2D eigenvalue weighted by molar-refractivity contribution is -0.131. The molecule has 1 aliphatic heterocycles. The van der Waals surface area contributed by atoms with Crippen LogP contribution in [0.1, 0.15) is 53.4 Å². The van der Waals surface area contributed by atoms with Gasteiger partial charge in [0, 0.05) is 30.3 Å². The molecule has 6 heteroatoms. The number of aromatic nitrogens is 1. The largest absolute Gasteiger partial charge is 0.350 e. The third-order valence-electron chi connectivity index (χ3n) is 5.76. The van der Waals surface area contributed by atoms with Crippen molar-refractivity contribution in [3.63, 3.8) is 0 Å². The summed E-state index contributed by atoms with van der Waals surface area (Å²) in [5, 5.41) is 6.17. The van der Waals surface area contributed by atoms with Crippen LogP contribution in [0.4, 0.5) is 0 Å². The highest BCUT2D eigenvalue weighted by atomic mass is 32.1. The summed E-state index contributed by atoms with van der Waals surface area (Å²) in [6.45, 7) is 4.17. The predicted molar refractivity (Wildman–Crippen MR) is 110 cm³/mol. The van der Waals surface area contributed by atoms with Crippen LogP contribution in [0.25, 0.3) is 0 Å². The van der Waals surface area contributed by atoms with Gasteiger partial charge in [0.05, 0.1) is 23.7 Å². The summed E-state index contributed by atoms with van der Waals surface area (Å²) >= 11 is 1.68. The van der Waals surface area contributed by atoms with Crippen LogP contribution in [0.3, 0.4) is 0 Å². The van der Waals surface area contributed by atoms with Crippen LogP contribution in [0, 0.1) is 12.8 Å². The fourth-order valence-electron chi connectivity index (χ4n) is 3.72. The number of amides is 2. The van der Waals surface area contributed by atoms with Crippen LogP contribution in [0.15, 0.2) is 29.6 Å². The minimum absolute atomic E-state index is 0.162. The number of rotatable bonds is 6. The molecule has 0 atom stereocenters. The lowest BCUT2D eigenvalue weighted by Gasteiger charge is -2.31. The van der Waals surface area contributed by atoms with Gasteiger partial charge in [-0.15, -0.1) is 11.3 Å². The highest BCUT2D eigenvalue weighted by Gasteiger charge is 2.29. The minimum Gasteiger partial charge on any atom is -0.350 e. The van der Waals surface area contributed by atoms with Crippen molar-refractivity contribution in [3.05, 3.63) is 51.5 Å². The van der Waals surface area contributed by atoms with Crippen molar-refractivity contribution < 1.29 is 9.59 Å². The second kappa shape index (κ2) is 8.43. The molecule has 5 nitrogen and oxygen atoms in total. The first-order valence-corrected chi connectivity index (χ1v) is 11.0. The number of aryl methyl sites for hydroxylation is 1. The summed E-state index contributed by atoms with van der Waals surface area (Å²) in [5.41, 5.74) is 3.24. The van der Waals surface area contributed by atoms with E-state index in [1.165, 1.54) is 5.56 Å². The first kappa shape index (κ1) is 19.1. The van der Waals surface area contributed by atoms with E-state index in [0.29, 0.717) is 18.9 Å². The fraction of sp³-hybridized carbons (Fsp3) is 0.500. The van der Waals surface area contributed by atoms with Gasteiger partial charge in [0.15, 0.2) is 0 Å². The Morgan fingerprint density at radius 1 is 1.18 bits per heavy atom. The Morgan fingerprint density at radius 3 is 2.64 bits per heavy atom. The lowest BCUT2D eigenvalue weighted by atomic mass is 9.96. The topological polar surface area (TPSA) is 62.3 Å². The second-order valence-corrected chi connectivity index (χ2v) is 8.82. The lowest BCUT2D eigenvalue weighted by Crippen LogP contribution is -2.38. The molecule has 1 N–H and O–H groups in total. The van der Waals surface area contributed by atoms with E-state index in [-0.39, 0.29) is 17.7 Å². The van der Waals surface area contributed by atoms with Crippen molar-refractivity contribution in [2.75, 3.05) is 13.1 Å². The highest BCUT2D eigenvalue weighted by molar-refractivity contribution is 7.09. The van der Waals surface area contributed by atoms with Gasteiger partial charge in [-0.25, -0.2) is 4.98 Å². The van der Waals surface area contributed by atoms with Gasteiger partial charge in [-0.3, -0.25) is 9.59 Å². The molecule has 1 saturated heterocycles. The number of thiazole rings is 1. The van der Waals surface area contributed by atoms with Gasteiger partial charge in [-0.1, -0.05) is 24.3 Å². The normalized spacial score (nSPS) is 17.5. The van der Waals surface area contributed by atoms with Gasteiger partial charge in [-0.05, 0) is 43.7 Å². The highest BCUT2D eigenvalue weighted by Crippen LogP contribution is 2.31. The molecule has 0 spiro atoms. The molecule has 2 aromatic rings. The van der Waals surface area contributed by atoms with Crippen LogP contribution in [0.5, 0.6) is 0 Å². The fourth-order valence-corrected chi connectivity index (χ4v) is 4.71. The number of piperidine rings is 1. The Labute approximate surface area is 170 Å². The molecule has 1 aromatic carbocycles. The maximum absolute atomic E-state index is 12.6. The molecule has 2 heterocycles. The Kier molecular flexibility index (Phi) is 5.76. The summed E-state index contributed by atoms with van der Waals surface area (Å²) in [7, 11) is 0. The quantitative estimate of drug-likeness (QED) is 0.812. The van der Waals surface area contributed by atoms with Gasteiger partial charge in [0.2, 0.25) is 11.8 Å². The number of carbonyl (C=O) groups is 2. The van der Waals surface area contributed by atoms with Crippen LogP contribution in [0.2, 0.25) is 0 Å². The maximum atomic E-state index is 12.6. The van der Waals surface area contributed by atoms with E-state index in [0.717, 1.165) is 55.0 Å². The Morgan fingerprint density at radius 2 is 1.93 bits per heavy atom. The zero-order valence-electron chi connectivity index (χ0n) is 16.3. The van der Waals surface area contributed by atoms with Crippen molar-refractivity contribution in [2.45, 2.75) is 51.5 Å². The third-order valence-corrected chi connectivity index (χ3v) is 6.82. The van der Waals surface area contributed by atoms with Crippen molar-refractivity contribution in [3.8, 4) is 0 Å². The van der Waals surface area contributed by atoms with E-state index >= 15 is 0 Å². The van der Waals surface area contributed by atoms with Crippen LogP contribution < -0.4 is 5.32 Å². The monoisotopic (exact) mass is 397 g/mol. The van der Waals surface area contributed by atoms with Crippen molar-refractivity contribution >= 4 is 23.2 Å². The first-order valence-electron chi connectivity index (χ1n) is 10.1. The number of hydrogen-bond donors (Lipinski definition) is 1. The standard InChI is InChI=1S/C22H27N3O2S/c1-15-4-2-3-5-18(15)12-20(26)25-10-8-17(9-11-25)22-24-19(14-28-22)13-23-21(27)16-6-7-16/h2-5,14,16-17H,6-13H2,1H3,(H,23,27). The molecular weight excluding hydrogens is 370 g/mol. The van der Waals surface area contributed by atoms with E-state index in [1.807, 2.05) is 23.1 Å². The summed E-state index contributed by atoms with van der Waals surface area (Å²) < 4.78 is 0. The molecule has 4 rings (SSSR count). The van der Waals surface area contributed by atoms with E-state index in [9.17, 15) is 9.59 Å². The molecule has 2 aliphatic rings. The molecule has 2 amide bonds. The van der Waals surface area contributed by atoms with Gasteiger partial charge < -0.3 is 10.2 Å². The number of carbonyl (C=O) groups excluding carboxylic acids is 2. The van der Waals surface area contributed by atoms with E-state index in [2.05, 4.69) is 23.7 Å². The molecular formula is C22H27N3O2S. The zero-order chi connectivity index (χ0) is 19.5. The van der Waals surface area contributed by atoms with Gasteiger partial charge in [0.1, 0.15) is 0 Å². The number of hydrogen-bond acceptors (Lipinski definition) is 4. The van der Waals surface area contributed by atoms with Crippen LogP contribution >= 0.6 is 11.3 Å². The summed E-state index contributed by atoms with van der Waals surface area (Å²) in [6.07, 6.45) is 4.45. The molecule has 0 radical (unpaired) electrons. The second-order valence-electron chi connectivity index (χ2n) is 7.93. The molecule has 0 unspecified atom stereocenters. The minimum atomic E-state index is 0.162. The number of nitrogens with zero attached hydrogens (tertiary/aromatic N) is 2. The number of benzene rings is 1. The van der Waals surface area contributed by atoms with Crippen LogP contribution in [-0.4, -0.2) is 34.8 Å². The molecule has 148 valence electrons. The van der Waals surface area contributed by atoms with E-state index < -0.39 is 0 Å². The molecule has 0 bridgehead atoms. The summed E-state index contributed by atoms with van der Waals surface area (Å²) in [5.74, 6) is 1.03. The van der Waals surface area contributed by atoms with Crippen molar-refractivity contribution in [2.24, 2.45) is 5.92 Å². The summed E-state index contributed by atoms with van der Waals surface area (Å²) in [6, 6.07) is 8.10. The zero-order valence-corrected chi connectivity index (χ0v) is 17.1. The van der Waals surface area contributed by atoms with Gasteiger partial charge >= 0.3 is 0 Å². The third kappa shape index (κ3) is 4.61.